The molecule has 0 aromatic carbocycles. The highest BCUT2D eigenvalue weighted by Gasteiger charge is 2.29. The molecule has 1 aliphatic carbocycles. The van der Waals surface area contributed by atoms with Crippen LogP contribution in [-0.2, 0) is 14.4 Å². The molecule has 0 radical (unpaired) electrons. The van der Waals surface area contributed by atoms with E-state index in [4.69, 9.17) is 0 Å². The van der Waals surface area contributed by atoms with Crippen molar-refractivity contribution < 1.29 is 19.5 Å². The fourth-order valence-electron chi connectivity index (χ4n) is 3.51. The molecule has 0 aromatic rings. The average molecular weight is 354 g/mol. The first-order chi connectivity index (χ1) is 12.0. The van der Waals surface area contributed by atoms with E-state index in [9.17, 15) is 19.5 Å². The summed E-state index contributed by atoms with van der Waals surface area (Å²) in [7, 11) is 0. The molecule has 2 unspecified atom stereocenters. The van der Waals surface area contributed by atoms with Gasteiger partial charge in [-0.05, 0) is 25.7 Å². The van der Waals surface area contributed by atoms with E-state index in [1.165, 1.54) is 0 Å². The van der Waals surface area contributed by atoms with Crippen molar-refractivity contribution in [2.24, 2.45) is 5.92 Å². The quantitative estimate of drug-likeness (QED) is 0.666. The van der Waals surface area contributed by atoms with Gasteiger partial charge in [-0.1, -0.05) is 39.5 Å². The second kappa shape index (κ2) is 11.9. The predicted molar refractivity (Wildman–Crippen MR) is 97.2 cm³/mol. The Morgan fingerprint density at radius 1 is 0.960 bits per heavy atom. The van der Waals surface area contributed by atoms with Crippen molar-refractivity contribution in [1.82, 2.24) is 10.2 Å². The molecule has 0 saturated heterocycles. The highest BCUT2D eigenvalue weighted by Crippen LogP contribution is 2.23. The number of hydrogen-bond acceptors (Lipinski definition) is 3. The molecule has 144 valence electrons. The summed E-state index contributed by atoms with van der Waals surface area (Å²) in [6.07, 6.45) is 7.42. The van der Waals surface area contributed by atoms with E-state index in [0.717, 1.165) is 51.6 Å². The number of carbonyl (C=O) groups excluding carboxylic acids is 2. The molecule has 25 heavy (non-hydrogen) atoms. The Morgan fingerprint density at radius 2 is 1.56 bits per heavy atom. The Bertz CT molecular complexity index is 433. The van der Waals surface area contributed by atoms with Crippen LogP contribution in [-0.4, -0.2) is 46.9 Å². The predicted octanol–water partition coefficient (Wildman–Crippen LogP) is 2.96. The fraction of sp³-hybridized carbons (Fsp3) is 0.842. The third kappa shape index (κ3) is 7.88. The third-order valence-electron chi connectivity index (χ3n) is 4.84. The first-order valence-electron chi connectivity index (χ1n) is 9.79. The van der Waals surface area contributed by atoms with Crippen LogP contribution in [0.4, 0.5) is 0 Å². The van der Waals surface area contributed by atoms with Gasteiger partial charge in [0.1, 0.15) is 0 Å². The first-order valence-corrected chi connectivity index (χ1v) is 9.79. The number of hydrogen-bond donors (Lipinski definition) is 2. The second-order valence-corrected chi connectivity index (χ2v) is 6.99. The van der Waals surface area contributed by atoms with Crippen LogP contribution in [0.1, 0.15) is 78.1 Å². The first kappa shape index (κ1) is 21.5. The fourth-order valence-corrected chi connectivity index (χ4v) is 3.51. The largest absolute Gasteiger partial charge is 0.481 e. The summed E-state index contributed by atoms with van der Waals surface area (Å²) in [6.45, 7) is 5.50. The third-order valence-corrected chi connectivity index (χ3v) is 4.84. The summed E-state index contributed by atoms with van der Waals surface area (Å²) in [5.41, 5.74) is 0. The van der Waals surface area contributed by atoms with Gasteiger partial charge < -0.3 is 15.3 Å². The van der Waals surface area contributed by atoms with Crippen LogP contribution in [0.5, 0.6) is 0 Å². The van der Waals surface area contributed by atoms with Gasteiger partial charge in [-0.15, -0.1) is 0 Å². The maximum atomic E-state index is 12.2. The van der Waals surface area contributed by atoms with Crippen molar-refractivity contribution >= 4 is 17.8 Å². The Hall–Kier alpha value is -1.59. The minimum atomic E-state index is -0.833. The van der Waals surface area contributed by atoms with Crippen LogP contribution in [0.25, 0.3) is 0 Å². The maximum Gasteiger partial charge on any atom is 0.308 e. The maximum absolute atomic E-state index is 12.2. The molecule has 2 amide bonds. The zero-order valence-corrected chi connectivity index (χ0v) is 15.8. The van der Waals surface area contributed by atoms with Gasteiger partial charge in [0.15, 0.2) is 0 Å². The monoisotopic (exact) mass is 354 g/mol. The van der Waals surface area contributed by atoms with Crippen molar-refractivity contribution in [1.29, 1.82) is 0 Å². The van der Waals surface area contributed by atoms with Gasteiger partial charge in [-0.2, -0.15) is 0 Å². The lowest BCUT2D eigenvalue weighted by atomic mass is 9.86. The van der Waals surface area contributed by atoms with Crippen molar-refractivity contribution in [3.63, 3.8) is 0 Å². The van der Waals surface area contributed by atoms with Gasteiger partial charge in [-0.25, -0.2) is 0 Å². The molecule has 2 N–H and O–H groups in total. The molecule has 0 spiro atoms. The van der Waals surface area contributed by atoms with E-state index in [0.29, 0.717) is 12.8 Å². The van der Waals surface area contributed by atoms with Crippen LogP contribution in [0.15, 0.2) is 0 Å². The lowest BCUT2D eigenvalue weighted by Gasteiger charge is -2.27. The minimum absolute atomic E-state index is 0.00583. The van der Waals surface area contributed by atoms with Gasteiger partial charge in [0.25, 0.3) is 0 Å². The van der Waals surface area contributed by atoms with Crippen LogP contribution >= 0.6 is 0 Å². The number of carboxylic acids is 1. The minimum Gasteiger partial charge on any atom is -0.481 e. The van der Waals surface area contributed by atoms with Gasteiger partial charge >= 0.3 is 5.97 Å². The van der Waals surface area contributed by atoms with E-state index in [1.807, 2.05) is 18.7 Å². The van der Waals surface area contributed by atoms with E-state index >= 15 is 0 Å². The van der Waals surface area contributed by atoms with E-state index in [1.54, 1.807) is 0 Å². The Kier molecular flexibility index (Phi) is 10.2. The molecule has 1 saturated carbocycles. The Balaban J connectivity index is 2.52. The highest BCUT2D eigenvalue weighted by atomic mass is 16.4. The molecule has 2 atom stereocenters. The standard InChI is InChI=1S/C19H34N2O4/c1-3-13-21(14-4-2)18(23)12-11-17(22)20-16-10-8-6-5-7-9-15(16)19(24)25/h15-16H,3-14H2,1-2H3,(H,20,22)(H,24,25). The molecule has 6 heteroatoms. The summed E-state index contributed by atoms with van der Waals surface area (Å²) >= 11 is 0. The van der Waals surface area contributed by atoms with Crippen molar-refractivity contribution in [3.8, 4) is 0 Å². The number of aliphatic carboxylic acids is 1. The van der Waals surface area contributed by atoms with Gasteiger partial charge in [-0.3, -0.25) is 14.4 Å². The number of rotatable bonds is 9. The average Bonchev–Trinajstić information content (AvgIpc) is 2.54. The zero-order valence-electron chi connectivity index (χ0n) is 15.8. The normalized spacial score (nSPS) is 21.0. The van der Waals surface area contributed by atoms with Gasteiger partial charge in [0, 0.05) is 32.0 Å². The lowest BCUT2D eigenvalue weighted by Crippen LogP contribution is -2.44. The molecule has 1 fully saturated rings. The van der Waals surface area contributed by atoms with Crippen molar-refractivity contribution in [3.05, 3.63) is 0 Å². The van der Waals surface area contributed by atoms with Crippen LogP contribution in [0.3, 0.4) is 0 Å². The molecule has 1 aliphatic rings. The van der Waals surface area contributed by atoms with Crippen LogP contribution in [0, 0.1) is 5.92 Å². The molecule has 0 aromatic heterocycles. The van der Waals surface area contributed by atoms with Crippen LogP contribution in [0.2, 0.25) is 0 Å². The summed E-state index contributed by atoms with van der Waals surface area (Å²) in [5, 5.41) is 12.3. The topological polar surface area (TPSA) is 86.7 Å². The zero-order chi connectivity index (χ0) is 18.7. The van der Waals surface area contributed by atoms with Gasteiger partial charge in [0.2, 0.25) is 11.8 Å². The molecule has 6 nitrogen and oxygen atoms in total. The van der Waals surface area contributed by atoms with Crippen molar-refractivity contribution in [2.75, 3.05) is 13.1 Å². The lowest BCUT2D eigenvalue weighted by molar-refractivity contribution is -0.144. The summed E-state index contributed by atoms with van der Waals surface area (Å²) in [6, 6.07) is -0.317. The SMILES string of the molecule is CCCN(CCC)C(=O)CCC(=O)NC1CCCCCCC1C(=O)O. The van der Waals surface area contributed by atoms with Crippen LogP contribution < -0.4 is 5.32 Å². The Morgan fingerprint density at radius 3 is 2.12 bits per heavy atom. The van der Waals surface area contributed by atoms with Crippen molar-refractivity contribution in [2.45, 2.75) is 84.1 Å². The summed E-state index contributed by atoms with van der Waals surface area (Å²) < 4.78 is 0. The second-order valence-electron chi connectivity index (χ2n) is 6.99. The Labute approximate surface area is 151 Å². The number of nitrogens with one attached hydrogen (secondary N) is 1. The number of carboxylic acid groups (broad SMARTS) is 1. The number of amides is 2. The molecule has 0 bridgehead atoms. The molecular weight excluding hydrogens is 320 g/mol. The number of carbonyl (C=O) groups is 3. The smallest absolute Gasteiger partial charge is 0.308 e. The molecule has 0 heterocycles. The highest BCUT2D eigenvalue weighted by molar-refractivity contribution is 5.84. The number of nitrogens with zero attached hydrogens (tertiary/aromatic N) is 1. The van der Waals surface area contributed by atoms with E-state index < -0.39 is 11.9 Å². The summed E-state index contributed by atoms with van der Waals surface area (Å²) in [4.78, 5) is 37.8. The van der Waals surface area contributed by atoms with E-state index in [-0.39, 0.29) is 30.7 Å². The van der Waals surface area contributed by atoms with E-state index in [2.05, 4.69) is 5.32 Å². The molecule has 1 rings (SSSR count). The van der Waals surface area contributed by atoms with Gasteiger partial charge in [0.05, 0.1) is 5.92 Å². The molecular formula is C19H34N2O4. The molecule has 0 aliphatic heterocycles. The summed E-state index contributed by atoms with van der Waals surface area (Å²) in [5.74, 6) is -1.55.